The van der Waals surface area contributed by atoms with Crippen molar-refractivity contribution >= 4 is 46.6 Å². The first-order chi connectivity index (χ1) is 28.9. The minimum atomic E-state index is -3.12. The summed E-state index contributed by atoms with van der Waals surface area (Å²) in [6.07, 6.45) is 5.53. The zero-order chi connectivity index (χ0) is 42.0. The molecule has 14 nitrogen and oxygen atoms in total. The van der Waals surface area contributed by atoms with Crippen LogP contribution in [0.25, 0.3) is 11.3 Å². The summed E-state index contributed by atoms with van der Waals surface area (Å²) in [6, 6.07) is 9.44. The molecule has 5 fully saturated rings. The third-order valence-electron chi connectivity index (χ3n) is 12.3. The van der Waals surface area contributed by atoms with Crippen LogP contribution >= 0.6 is 0 Å². The maximum absolute atomic E-state index is 15.7. The molecule has 60 heavy (non-hydrogen) atoms. The Morgan fingerprint density at radius 3 is 2.38 bits per heavy atom. The lowest BCUT2D eigenvalue weighted by Gasteiger charge is -2.46. The third-order valence-corrected chi connectivity index (χ3v) is 12.3. The summed E-state index contributed by atoms with van der Waals surface area (Å²) in [7, 11) is 0. The van der Waals surface area contributed by atoms with E-state index in [0.29, 0.717) is 56.0 Å². The van der Waals surface area contributed by atoms with Crippen molar-refractivity contribution in [3.63, 3.8) is 0 Å². The lowest BCUT2D eigenvalue weighted by molar-refractivity contribution is -0.134. The van der Waals surface area contributed by atoms with Crippen LogP contribution in [0.15, 0.2) is 48.7 Å². The molecule has 1 saturated carbocycles. The number of hydrogen-bond acceptors (Lipinski definition) is 11. The molecule has 0 bridgehead atoms. The average Bonchev–Trinajstić information content (AvgIpc) is 3.23. The second kappa shape index (κ2) is 17.7. The number of hydrogen-bond donors (Lipinski definition) is 4. The van der Waals surface area contributed by atoms with Crippen LogP contribution in [0.1, 0.15) is 57.8 Å². The standard InChI is InChI=1S/C42H49F4N9O5/c43-31-21-29(48-33-9-11-36(56)51-40(33)59)8-10-34(31)54-17-14-35(42(45,46)24-54)53-15-12-25(13-16-53)39(58)49-27-4-6-28(7-5-27)50-41-47-22-32(44)38(52-41)26-2-1-3-30(20-26)55-18-19-60-23-37(55)57/h1-3,8,10,20-22,25,27-28,33,35,48H,4-7,9,11-19,23-24H2,(H,49,58)(H,47,50,52)(H,51,56,59). The van der Waals surface area contributed by atoms with E-state index in [1.54, 1.807) is 40.1 Å². The number of carbonyl (C=O) groups is 4. The number of carbonyl (C=O) groups excluding carboxylic acids is 4. The second-order valence-corrected chi connectivity index (χ2v) is 16.4. The Hall–Kier alpha value is -5.36. The molecule has 2 unspecified atom stereocenters. The lowest BCUT2D eigenvalue weighted by atomic mass is 9.89. The molecule has 18 heteroatoms. The summed E-state index contributed by atoms with van der Waals surface area (Å²) >= 11 is 0. The SMILES string of the molecule is O=C1CCC(Nc2ccc(N3CCC(N4CCC(C(=O)NC5CCC(Nc6ncc(F)c(-c7cccc(N8CCOCC8=O)c7)n6)CC5)CC4)C(F)(F)C3)c(F)c2)C(=O)N1. The molecule has 3 aromatic rings. The lowest BCUT2D eigenvalue weighted by Crippen LogP contribution is -2.60. The number of morpholine rings is 1. The van der Waals surface area contributed by atoms with Gasteiger partial charge >= 0.3 is 0 Å². The van der Waals surface area contributed by atoms with Crippen molar-refractivity contribution < 1.29 is 41.5 Å². The fourth-order valence-corrected chi connectivity index (χ4v) is 9.08. The Morgan fingerprint density at radius 1 is 0.867 bits per heavy atom. The van der Waals surface area contributed by atoms with Crippen molar-refractivity contribution in [1.82, 2.24) is 25.5 Å². The van der Waals surface area contributed by atoms with Crippen LogP contribution < -0.4 is 31.1 Å². The highest BCUT2D eigenvalue weighted by Gasteiger charge is 2.49. The van der Waals surface area contributed by atoms with Crippen molar-refractivity contribution in [2.45, 2.75) is 87.9 Å². The van der Waals surface area contributed by atoms with Crippen molar-refractivity contribution in [1.29, 1.82) is 0 Å². The van der Waals surface area contributed by atoms with E-state index in [-0.39, 0.29) is 85.5 Å². The second-order valence-electron chi connectivity index (χ2n) is 16.4. The molecule has 1 aromatic heterocycles. The summed E-state index contributed by atoms with van der Waals surface area (Å²) in [5.41, 5.74) is 1.66. The van der Waals surface area contributed by atoms with Crippen LogP contribution in [0.3, 0.4) is 0 Å². The van der Waals surface area contributed by atoms with Gasteiger partial charge in [-0.3, -0.25) is 29.4 Å². The van der Waals surface area contributed by atoms with Gasteiger partial charge in [0.15, 0.2) is 5.82 Å². The Balaban J connectivity index is 0.779. The van der Waals surface area contributed by atoms with Crippen LogP contribution in [0.4, 0.5) is 40.6 Å². The Labute approximate surface area is 344 Å². The number of nitrogens with one attached hydrogen (secondary N) is 4. The Kier molecular flexibility index (Phi) is 12.2. The molecule has 8 rings (SSSR count). The van der Waals surface area contributed by atoms with E-state index in [0.717, 1.165) is 31.9 Å². The minimum absolute atomic E-state index is 0.00170. The van der Waals surface area contributed by atoms with Gasteiger partial charge in [-0.1, -0.05) is 12.1 Å². The highest BCUT2D eigenvalue weighted by atomic mass is 19.3. The molecule has 0 radical (unpaired) electrons. The highest BCUT2D eigenvalue weighted by Crippen LogP contribution is 2.37. The zero-order valence-corrected chi connectivity index (χ0v) is 33.1. The summed E-state index contributed by atoms with van der Waals surface area (Å²) in [4.78, 5) is 62.6. The van der Waals surface area contributed by atoms with Crippen molar-refractivity contribution in [2.24, 2.45) is 5.92 Å². The van der Waals surface area contributed by atoms with Crippen LogP contribution in [-0.4, -0.2) is 115 Å². The first-order valence-electron chi connectivity index (χ1n) is 20.7. The number of imide groups is 1. The van der Waals surface area contributed by atoms with Crippen LogP contribution in [0.5, 0.6) is 0 Å². The normalized spacial score (nSPS) is 25.4. The number of rotatable bonds is 10. The number of piperidine rings is 3. The summed E-state index contributed by atoms with van der Waals surface area (Å²) in [5, 5.41) is 11.7. The molecule has 0 spiro atoms. The first-order valence-corrected chi connectivity index (χ1v) is 20.7. The summed E-state index contributed by atoms with van der Waals surface area (Å²) in [5.74, 6) is -5.45. The number of nitrogens with zero attached hydrogens (tertiary/aromatic N) is 5. The average molecular weight is 836 g/mol. The van der Waals surface area contributed by atoms with Crippen LogP contribution in [0, 0.1) is 17.6 Å². The number of amides is 4. The van der Waals surface area contributed by atoms with E-state index in [9.17, 15) is 23.6 Å². The third kappa shape index (κ3) is 9.33. The smallest absolute Gasteiger partial charge is 0.280 e. The van der Waals surface area contributed by atoms with E-state index in [1.807, 2.05) is 0 Å². The largest absolute Gasteiger partial charge is 0.374 e. The zero-order valence-electron chi connectivity index (χ0n) is 33.1. The number of alkyl halides is 2. The molecule has 1 aliphatic carbocycles. The summed E-state index contributed by atoms with van der Waals surface area (Å²) < 4.78 is 66.8. The fraction of sp³-hybridized carbons (Fsp3) is 0.524. The maximum Gasteiger partial charge on any atom is 0.280 e. The molecular formula is C42H49F4N9O5. The van der Waals surface area contributed by atoms with Gasteiger partial charge < -0.3 is 30.5 Å². The molecule has 4 aliphatic heterocycles. The molecule has 4 N–H and O–H groups in total. The molecule has 5 aliphatic rings. The number of aromatic nitrogens is 2. The Bertz CT molecular complexity index is 2100. The Morgan fingerprint density at radius 2 is 1.65 bits per heavy atom. The van der Waals surface area contributed by atoms with Gasteiger partial charge in [0.1, 0.15) is 24.2 Å². The van der Waals surface area contributed by atoms with Gasteiger partial charge in [-0.2, -0.15) is 0 Å². The van der Waals surface area contributed by atoms with Crippen molar-refractivity contribution in [2.75, 3.05) is 66.4 Å². The number of halogens is 4. The number of likely N-dealkylation sites (tertiary alicyclic amines) is 1. The van der Waals surface area contributed by atoms with E-state index in [4.69, 9.17) is 4.74 Å². The fourth-order valence-electron chi connectivity index (χ4n) is 9.08. The van der Waals surface area contributed by atoms with Gasteiger partial charge in [0, 0.05) is 54.5 Å². The van der Waals surface area contributed by atoms with Crippen molar-refractivity contribution in [3.8, 4) is 11.3 Å². The van der Waals surface area contributed by atoms with Gasteiger partial charge in [-0.25, -0.2) is 27.5 Å². The highest BCUT2D eigenvalue weighted by molar-refractivity contribution is 6.01. The van der Waals surface area contributed by atoms with Crippen LogP contribution in [-0.2, 0) is 23.9 Å². The first kappa shape index (κ1) is 41.4. The molecule has 5 heterocycles. The monoisotopic (exact) mass is 835 g/mol. The molecule has 2 aromatic carbocycles. The minimum Gasteiger partial charge on any atom is -0.374 e. The quantitative estimate of drug-likeness (QED) is 0.169. The molecule has 4 amide bonds. The van der Waals surface area contributed by atoms with E-state index < -0.39 is 42.1 Å². The number of benzene rings is 2. The number of anilines is 4. The molecule has 4 saturated heterocycles. The topological polar surface area (TPSA) is 161 Å². The van der Waals surface area contributed by atoms with E-state index in [2.05, 4.69) is 31.2 Å². The molecule has 2 atom stereocenters. The van der Waals surface area contributed by atoms with E-state index in [1.165, 1.54) is 17.0 Å². The van der Waals surface area contributed by atoms with Gasteiger partial charge in [0.25, 0.3) is 11.8 Å². The molecular weight excluding hydrogens is 787 g/mol. The van der Waals surface area contributed by atoms with Crippen molar-refractivity contribution in [3.05, 3.63) is 60.3 Å². The predicted octanol–water partition coefficient (Wildman–Crippen LogP) is 4.47. The predicted molar refractivity (Wildman–Crippen MR) is 214 cm³/mol. The van der Waals surface area contributed by atoms with Gasteiger partial charge in [0.05, 0.1) is 31.1 Å². The van der Waals surface area contributed by atoms with E-state index >= 15 is 13.2 Å². The number of ether oxygens (including phenoxy) is 1. The van der Waals surface area contributed by atoms with Crippen LogP contribution in [0.2, 0.25) is 0 Å². The summed E-state index contributed by atoms with van der Waals surface area (Å²) in [6.45, 7) is 1.14. The van der Waals surface area contributed by atoms with Gasteiger partial charge in [0.2, 0.25) is 23.7 Å². The maximum atomic E-state index is 15.7. The van der Waals surface area contributed by atoms with Gasteiger partial charge in [-0.05, 0) is 94.8 Å². The molecule has 320 valence electrons. The van der Waals surface area contributed by atoms with Gasteiger partial charge in [-0.15, -0.1) is 0 Å².